The Morgan fingerprint density at radius 1 is 1.12 bits per heavy atom. The quantitative estimate of drug-likeness (QED) is 0.390. The normalized spacial score (nSPS) is 17.8. The van der Waals surface area contributed by atoms with Gasteiger partial charge in [-0.05, 0) is 49.6 Å². The van der Waals surface area contributed by atoms with Gasteiger partial charge < -0.3 is 20.9 Å². The Kier molecular flexibility index (Phi) is 9.74. The van der Waals surface area contributed by atoms with Crippen molar-refractivity contribution in [1.29, 1.82) is 0 Å². The molecule has 0 spiro atoms. The summed E-state index contributed by atoms with van der Waals surface area (Å²) < 4.78 is 0. The number of guanidine groups is 1. The third kappa shape index (κ3) is 7.92. The van der Waals surface area contributed by atoms with Crippen LogP contribution < -0.4 is 11.1 Å². The molecule has 25 heavy (non-hydrogen) atoms. The highest BCUT2D eigenvalue weighted by molar-refractivity contribution is 14.0. The number of aryl methyl sites for hydroxylation is 2. The summed E-state index contributed by atoms with van der Waals surface area (Å²) in [6.07, 6.45) is 0. The number of nitrogens with one attached hydrogen (secondary N) is 1. The van der Waals surface area contributed by atoms with Crippen LogP contribution in [0.25, 0.3) is 0 Å². The maximum Gasteiger partial charge on any atom is 0.193 e. The molecule has 142 valence electrons. The number of aliphatic imine (C=N–C) groups is 1. The second-order valence-corrected chi connectivity index (χ2v) is 7.07. The van der Waals surface area contributed by atoms with Gasteiger partial charge in [-0.25, -0.2) is 0 Å². The van der Waals surface area contributed by atoms with Crippen LogP contribution in [0, 0.1) is 19.8 Å². The first-order valence-corrected chi connectivity index (χ1v) is 9.06. The van der Waals surface area contributed by atoms with Crippen molar-refractivity contribution < 1.29 is 0 Å². The number of halogens is 1. The summed E-state index contributed by atoms with van der Waals surface area (Å²) >= 11 is 0. The van der Waals surface area contributed by atoms with Crippen LogP contribution in [0.3, 0.4) is 0 Å². The number of nitrogens with zero attached hydrogens (tertiary/aromatic N) is 3. The largest absolute Gasteiger partial charge is 0.370 e. The van der Waals surface area contributed by atoms with Crippen molar-refractivity contribution in [1.82, 2.24) is 9.80 Å². The van der Waals surface area contributed by atoms with Crippen LogP contribution in [-0.4, -0.2) is 61.6 Å². The van der Waals surface area contributed by atoms with E-state index in [0.29, 0.717) is 11.9 Å². The van der Waals surface area contributed by atoms with Gasteiger partial charge in [-0.15, -0.1) is 24.0 Å². The molecule has 1 unspecified atom stereocenters. The van der Waals surface area contributed by atoms with Gasteiger partial charge in [0, 0.05) is 45.0 Å². The van der Waals surface area contributed by atoms with E-state index in [1.54, 1.807) is 0 Å². The fourth-order valence-electron chi connectivity index (χ4n) is 3.28. The van der Waals surface area contributed by atoms with Crippen LogP contribution in [0.4, 0.5) is 5.69 Å². The first-order chi connectivity index (χ1) is 11.5. The highest BCUT2D eigenvalue weighted by Gasteiger charge is 2.17. The van der Waals surface area contributed by atoms with E-state index in [4.69, 9.17) is 5.73 Å². The molecule has 1 atom stereocenters. The highest BCUT2D eigenvalue weighted by atomic mass is 127. The molecule has 0 saturated carbocycles. The second-order valence-electron chi connectivity index (χ2n) is 7.07. The Balaban J connectivity index is 0.00000312. The molecule has 2 rings (SSSR count). The van der Waals surface area contributed by atoms with E-state index >= 15 is 0 Å². The number of likely N-dealkylation sites (N-methyl/N-ethyl adjacent to an activating group) is 1. The molecular weight excluding hydrogens is 425 g/mol. The fourth-order valence-corrected chi connectivity index (χ4v) is 3.28. The molecule has 1 saturated heterocycles. The molecule has 1 aliphatic heterocycles. The van der Waals surface area contributed by atoms with Gasteiger partial charge in [0.05, 0.1) is 0 Å². The summed E-state index contributed by atoms with van der Waals surface area (Å²) in [6.45, 7) is 16.4. The number of piperazine rings is 1. The van der Waals surface area contributed by atoms with Crippen molar-refractivity contribution >= 4 is 35.6 Å². The Morgan fingerprint density at radius 3 is 2.24 bits per heavy atom. The van der Waals surface area contributed by atoms with Crippen molar-refractivity contribution in [3.8, 4) is 0 Å². The van der Waals surface area contributed by atoms with Gasteiger partial charge in [-0.2, -0.15) is 0 Å². The van der Waals surface area contributed by atoms with Gasteiger partial charge in [-0.1, -0.05) is 19.9 Å². The van der Waals surface area contributed by atoms with Gasteiger partial charge in [0.2, 0.25) is 0 Å². The maximum atomic E-state index is 6.04. The summed E-state index contributed by atoms with van der Waals surface area (Å²) in [4.78, 5) is 9.57. The molecule has 1 aromatic rings. The minimum atomic E-state index is 0. The van der Waals surface area contributed by atoms with Crippen molar-refractivity contribution in [2.75, 3.05) is 51.1 Å². The van der Waals surface area contributed by atoms with Crippen LogP contribution in [0.15, 0.2) is 23.2 Å². The Morgan fingerprint density at radius 2 is 1.68 bits per heavy atom. The van der Waals surface area contributed by atoms with Gasteiger partial charge in [0.25, 0.3) is 0 Å². The average Bonchev–Trinajstić information content (AvgIpc) is 2.53. The molecule has 6 heteroatoms. The van der Waals surface area contributed by atoms with Crippen molar-refractivity contribution in [3.63, 3.8) is 0 Å². The third-order valence-electron chi connectivity index (χ3n) is 4.55. The molecule has 1 aliphatic rings. The molecule has 1 aromatic carbocycles. The van der Waals surface area contributed by atoms with E-state index in [1.165, 1.54) is 24.2 Å². The number of anilines is 1. The minimum absolute atomic E-state index is 0. The molecule has 0 bridgehead atoms. The monoisotopic (exact) mass is 459 g/mol. The number of hydrogen-bond donors (Lipinski definition) is 2. The first-order valence-electron chi connectivity index (χ1n) is 9.06. The molecule has 0 amide bonds. The smallest absolute Gasteiger partial charge is 0.193 e. The highest BCUT2D eigenvalue weighted by Crippen LogP contribution is 2.13. The lowest BCUT2D eigenvalue weighted by molar-refractivity contribution is 0.125. The van der Waals surface area contributed by atoms with E-state index in [1.807, 2.05) is 0 Å². The Labute approximate surface area is 170 Å². The van der Waals surface area contributed by atoms with Crippen molar-refractivity contribution in [2.24, 2.45) is 16.6 Å². The topological polar surface area (TPSA) is 56.9 Å². The molecule has 0 aliphatic carbocycles. The van der Waals surface area contributed by atoms with Crippen LogP contribution in [-0.2, 0) is 0 Å². The predicted octanol–water partition coefficient (Wildman–Crippen LogP) is 2.92. The van der Waals surface area contributed by atoms with E-state index < -0.39 is 0 Å². The second kappa shape index (κ2) is 11.0. The molecule has 0 aromatic heterocycles. The van der Waals surface area contributed by atoms with Crippen molar-refractivity contribution in [2.45, 2.75) is 27.7 Å². The lowest BCUT2D eigenvalue weighted by atomic mass is 10.1. The van der Waals surface area contributed by atoms with Gasteiger partial charge in [-0.3, -0.25) is 4.99 Å². The third-order valence-corrected chi connectivity index (χ3v) is 4.55. The van der Waals surface area contributed by atoms with Crippen LogP contribution in [0.5, 0.6) is 0 Å². The first kappa shape index (κ1) is 22.2. The van der Waals surface area contributed by atoms with E-state index in [9.17, 15) is 0 Å². The Hall–Kier alpha value is -0.860. The molecule has 1 heterocycles. The zero-order chi connectivity index (χ0) is 17.5. The van der Waals surface area contributed by atoms with Gasteiger partial charge in [0.15, 0.2) is 5.96 Å². The maximum absolute atomic E-state index is 6.04. The molecule has 5 nitrogen and oxygen atoms in total. The van der Waals surface area contributed by atoms with Gasteiger partial charge >= 0.3 is 0 Å². The molecular formula is C19H34IN5. The van der Waals surface area contributed by atoms with E-state index in [2.05, 4.69) is 66.0 Å². The van der Waals surface area contributed by atoms with Crippen molar-refractivity contribution in [3.05, 3.63) is 29.3 Å². The Bertz CT molecular complexity index is 532. The summed E-state index contributed by atoms with van der Waals surface area (Å²) in [5.74, 6) is 1.01. The summed E-state index contributed by atoms with van der Waals surface area (Å²) in [5, 5.41) is 3.20. The summed E-state index contributed by atoms with van der Waals surface area (Å²) in [5.41, 5.74) is 9.51. The number of rotatable bonds is 6. The standard InChI is InChI=1S/C19H33N5.HI/c1-5-23-6-8-24(9-7-23)14-17(4)13-21-19(20)22-18-11-15(2)10-16(3)12-18;/h10-12,17H,5-9,13-14H2,1-4H3,(H3,20,21,22);1H. The minimum Gasteiger partial charge on any atom is -0.370 e. The number of hydrogen-bond acceptors (Lipinski definition) is 3. The number of benzene rings is 1. The lowest BCUT2D eigenvalue weighted by Gasteiger charge is -2.35. The number of nitrogens with two attached hydrogens (primary N) is 1. The van der Waals surface area contributed by atoms with E-state index in [0.717, 1.165) is 38.4 Å². The SMILES string of the molecule is CCN1CCN(CC(C)CN=C(N)Nc2cc(C)cc(C)c2)CC1.I. The predicted molar refractivity (Wildman–Crippen MR) is 119 cm³/mol. The van der Waals surface area contributed by atoms with Gasteiger partial charge in [0.1, 0.15) is 0 Å². The fraction of sp³-hybridized carbons (Fsp3) is 0.632. The zero-order valence-electron chi connectivity index (χ0n) is 16.1. The zero-order valence-corrected chi connectivity index (χ0v) is 18.4. The van der Waals surface area contributed by atoms with Crippen LogP contribution >= 0.6 is 24.0 Å². The van der Waals surface area contributed by atoms with Crippen LogP contribution in [0.2, 0.25) is 0 Å². The molecule has 0 radical (unpaired) electrons. The molecule has 3 N–H and O–H groups in total. The lowest BCUT2D eigenvalue weighted by Crippen LogP contribution is -2.47. The average molecular weight is 459 g/mol. The summed E-state index contributed by atoms with van der Waals surface area (Å²) in [7, 11) is 0. The van der Waals surface area contributed by atoms with E-state index in [-0.39, 0.29) is 24.0 Å². The van der Waals surface area contributed by atoms with Crippen LogP contribution in [0.1, 0.15) is 25.0 Å². The summed E-state index contributed by atoms with van der Waals surface area (Å²) in [6, 6.07) is 6.33. The molecule has 1 fully saturated rings.